The van der Waals surface area contributed by atoms with Gasteiger partial charge >= 0.3 is 6.18 Å². The molecule has 1 aromatic heterocycles. The standard InChI is InChI=1S/C17H19F3N2O3S/c1-4-5-15(23)21-17(24-2,26-3)12-8-6-11(7-9-12)13-10-14(25-22-13)16(18,19)20/h6-10H,4-5H2,1-3H3,(H,21,23). The summed E-state index contributed by atoms with van der Waals surface area (Å²) in [5.41, 5.74) is 1.19. The minimum absolute atomic E-state index is 0.0751. The summed E-state index contributed by atoms with van der Waals surface area (Å²) in [6.45, 7) is 1.90. The van der Waals surface area contributed by atoms with Gasteiger partial charge < -0.3 is 14.6 Å². The quantitative estimate of drug-likeness (QED) is 0.713. The number of thioether (sulfide) groups is 1. The van der Waals surface area contributed by atoms with Crippen LogP contribution in [-0.4, -0.2) is 24.4 Å². The molecule has 0 bridgehead atoms. The van der Waals surface area contributed by atoms with Gasteiger partial charge in [0, 0.05) is 30.7 Å². The van der Waals surface area contributed by atoms with E-state index in [1.54, 1.807) is 30.5 Å². The third kappa shape index (κ3) is 4.39. The van der Waals surface area contributed by atoms with Crippen molar-refractivity contribution >= 4 is 17.7 Å². The lowest BCUT2D eigenvalue weighted by Crippen LogP contribution is -2.44. The predicted octanol–water partition coefficient (Wildman–Crippen LogP) is 4.40. The number of rotatable bonds is 7. The van der Waals surface area contributed by atoms with Gasteiger partial charge in [0.15, 0.2) is 0 Å². The lowest BCUT2D eigenvalue weighted by Gasteiger charge is -2.32. The molecule has 0 fully saturated rings. The number of hydrogen-bond donors (Lipinski definition) is 1. The third-order valence-corrected chi connectivity index (χ3v) is 4.79. The van der Waals surface area contributed by atoms with Crippen molar-refractivity contribution in [1.82, 2.24) is 10.5 Å². The van der Waals surface area contributed by atoms with E-state index in [0.29, 0.717) is 24.0 Å². The van der Waals surface area contributed by atoms with Crippen molar-refractivity contribution < 1.29 is 27.2 Å². The van der Waals surface area contributed by atoms with Crippen LogP contribution in [0.3, 0.4) is 0 Å². The molecule has 0 saturated carbocycles. The summed E-state index contributed by atoms with van der Waals surface area (Å²) in [5, 5.41) is 5.23. The number of carbonyl (C=O) groups is 1. The van der Waals surface area contributed by atoms with Gasteiger partial charge in [0.1, 0.15) is 5.69 Å². The van der Waals surface area contributed by atoms with Gasteiger partial charge in [0.05, 0.1) is 0 Å². The monoisotopic (exact) mass is 388 g/mol. The van der Waals surface area contributed by atoms with Crippen LogP contribution in [0.4, 0.5) is 13.2 Å². The number of hydrogen-bond acceptors (Lipinski definition) is 5. The molecule has 26 heavy (non-hydrogen) atoms. The highest BCUT2D eigenvalue weighted by Crippen LogP contribution is 2.35. The second-order valence-electron chi connectivity index (χ2n) is 5.47. The largest absolute Gasteiger partial charge is 0.452 e. The molecule has 0 aliphatic heterocycles. The fourth-order valence-corrected chi connectivity index (χ4v) is 3.13. The summed E-state index contributed by atoms with van der Waals surface area (Å²) in [6.07, 6.45) is -1.73. The molecule has 0 spiro atoms. The predicted molar refractivity (Wildman–Crippen MR) is 92.2 cm³/mol. The zero-order chi connectivity index (χ0) is 19.4. The highest BCUT2D eigenvalue weighted by molar-refractivity contribution is 7.99. The summed E-state index contributed by atoms with van der Waals surface area (Å²) < 4.78 is 47.7. The molecule has 1 heterocycles. The second kappa shape index (κ2) is 8.13. The number of methoxy groups -OCH3 is 1. The Morgan fingerprint density at radius 2 is 1.96 bits per heavy atom. The Kier molecular flexibility index (Phi) is 6.35. The number of nitrogens with one attached hydrogen (secondary N) is 1. The number of alkyl halides is 3. The van der Waals surface area contributed by atoms with Gasteiger partial charge in [-0.3, -0.25) is 4.79 Å². The van der Waals surface area contributed by atoms with Crippen molar-refractivity contribution in [3.05, 3.63) is 41.7 Å². The van der Waals surface area contributed by atoms with Gasteiger partial charge in [0.2, 0.25) is 16.7 Å². The molecule has 142 valence electrons. The Morgan fingerprint density at radius 3 is 2.42 bits per heavy atom. The molecule has 0 aliphatic carbocycles. The number of benzene rings is 1. The van der Waals surface area contributed by atoms with Crippen molar-refractivity contribution in [2.45, 2.75) is 31.0 Å². The molecular weight excluding hydrogens is 369 g/mol. The molecule has 0 saturated heterocycles. The van der Waals surface area contributed by atoms with Crippen molar-refractivity contribution in [1.29, 1.82) is 0 Å². The molecule has 9 heteroatoms. The van der Waals surface area contributed by atoms with Crippen LogP contribution in [0.2, 0.25) is 0 Å². The van der Waals surface area contributed by atoms with E-state index < -0.39 is 17.0 Å². The van der Waals surface area contributed by atoms with Gasteiger partial charge in [-0.15, -0.1) is 11.8 Å². The molecular formula is C17H19F3N2O3S. The molecule has 1 N–H and O–H groups in total. The van der Waals surface area contributed by atoms with E-state index in [1.807, 2.05) is 6.92 Å². The van der Waals surface area contributed by atoms with E-state index >= 15 is 0 Å². The maximum atomic E-state index is 12.6. The zero-order valence-corrected chi connectivity index (χ0v) is 15.3. The van der Waals surface area contributed by atoms with E-state index in [2.05, 4.69) is 15.0 Å². The smallest absolute Gasteiger partial charge is 0.351 e. The number of nitrogens with zero attached hydrogens (tertiary/aromatic N) is 1. The van der Waals surface area contributed by atoms with Gasteiger partial charge in [-0.2, -0.15) is 13.2 Å². The minimum Gasteiger partial charge on any atom is -0.351 e. The van der Waals surface area contributed by atoms with E-state index in [9.17, 15) is 18.0 Å². The first-order valence-corrected chi connectivity index (χ1v) is 9.04. The van der Waals surface area contributed by atoms with Crippen molar-refractivity contribution in [2.75, 3.05) is 13.4 Å². The molecule has 0 radical (unpaired) electrons. The lowest BCUT2D eigenvalue weighted by atomic mass is 10.1. The SMILES string of the molecule is CCCC(=O)NC(OC)(SC)c1ccc(-c2cc(C(F)(F)F)on2)cc1. The Balaban J connectivity index is 2.28. The van der Waals surface area contributed by atoms with Crippen molar-refractivity contribution in [3.8, 4) is 11.3 Å². The summed E-state index contributed by atoms with van der Waals surface area (Å²) in [5.74, 6) is -1.31. The summed E-state index contributed by atoms with van der Waals surface area (Å²) >= 11 is 1.30. The van der Waals surface area contributed by atoms with E-state index in [1.165, 1.54) is 18.9 Å². The van der Waals surface area contributed by atoms with Gasteiger partial charge in [0.25, 0.3) is 0 Å². The summed E-state index contributed by atoms with van der Waals surface area (Å²) in [4.78, 5) is 12.0. The summed E-state index contributed by atoms with van der Waals surface area (Å²) in [7, 11) is 1.48. The molecule has 5 nitrogen and oxygen atoms in total. The Hall–Kier alpha value is -2.00. The Bertz CT molecular complexity index is 740. The van der Waals surface area contributed by atoms with Crippen LogP contribution in [0, 0.1) is 0 Å². The van der Waals surface area contributed by atoms with Crippen LogP contribution >= 0.6 is 11.8 Å². The van der Waals surface area contributed by atoms with Crippen LogP contribution in [0.5, 0.6) is 0 Å². The molecule has 1 atom stereocenters. The van der Waals surface area contributed by atoms with Crippen LogP contribution in [0.25, 0.3) is 11.3 Å². The second-order valence-corrected chi connectivity index (χ2v) is 6.46. The van der Waals surface area contributed by atoms with Crippen LogP contribution in [0.15, 0.2) is 34.9 Å². The first kappa shape index (κ1) is 20.3. The molecule has 0 aliphatic rings. The Morgan fingerprint density at radius 1 is 1.31 bits per heavy atom. The number of amides is 1. The maximum Gasteiger partial charge on any atom is 0.452 e. The molecule has 1 amide bonds. The highest BCUT2D eigenvalue weighted by Gasteiger charge is 2.36. The lowest BCUT2D eigenvalue weighted by molar-refractivity contribution is -0.155. The normalized spacial score (nSPS) is 14.1. The summed E-state index contributed by atoms with van der Waals surface area (Å²) in [6, 6.07) is 7.38. The number of aromatic nitrogens is 1. The average molecular weight is 388 g/mol. The first-order chi connectivity index (χ1) is 12.3. The molecule has 2 rings (SSSR count). The van der Waals surface area contributed by atoms with Crippen molar-refractivity contribution in [3.63, 3.8) is 0 Å². The minimum atomic E-state index is -4.58. The Labute approximate surface area is 153 Å². The number of carbonyl (C=O) groups excluding carboxylic acids is 1. The molecule has 2 aromatic rings. The van der Waals surface area contributed by atoms with Gasteiger partial charge in [-0.05, 0) is 12.7 Å². The molecule has 1 unspecified atom stereocenters. The fourth-order valence-electron chi connectivity index (χ4n) is 2.37. The van der Waals surface area contributed by atoms with Crippen LogP contribution in [-0.2, 0) is 20.8 Å². The topological polar surface area (TPSA) is 64.4 Å². The first-order valence-electron chi connectivity index (χ1n) is 7.82. The average Bonchev–Trinajstić information content (AvgIpc) is 3.11. The van der Waals surface area contributed by atoms with Crippen LogP contribution < -0.4 is 5.32 Å². The fraction of sp³-hybridized carbons (Fsp3) is 0.412. The van der Waals surface area contributed by atoms with E-state index in [4.69, 9.17) is 4.74 Å². The number of ether oxygens (including phenoxy) is 1. The highest BCUT2D eigenvalue weighted by atomic mass is 32.2. The van der Waals surface area contributed by atoms with Gasteiger partial charge in [-0.25, -0.2) is 0 Å². The third-order valence-electron chi connectivity index (χ3n) is 3.71. The van der Waals surface area contributed by atoms with E-state index in [-0.39, 0.29) is 11.6 Å². The zero-order valence-electron chi connectivity index (χ0n) is 14.5. The van der Waals surface area contributed by atoms with Gasteiger partial charge in [-0.1, -0.05) is 36.3 Å². The maximum absolute atomic E-state index is 12.6. The van der Waals surface area contributed by atoms with Crippen LogP contribution in [0.1, 0.15) is 31.1 Å². The number of halogens is 3. The van der Waals surface area contributed by atoms with E-state index in [0.717, 1.165) is 6.07 Å². The van der Waals surface area contributed by atoms with Crippen molar-refractivity contribution in [2.24, 2.45) is 0 Å². The molecule has 1 aromatic carbocycles.